The molecule has 0 saturated heterocycles. The summed E-state index contributed by atoms with van der Waals surface area (Å²) in [5, 5.41) is 0. The van der Waals surface area contributed by atoms with Crippen LogP contribution >= 0.6 is 20.6 Å². The molecule has 2 aromatic rings. The van der Waals surface area contributed by atoms with Crippen molar-refractivity contribution in [1.29, 1.82) is 0 Å². The predicted octanol–water partition coefficient (Wildman–Crippen LogP) is 4.49. The van der Waals surface area contributed by atoms with Crippen LogP contribution in [0.25, 0.3) is 4.91 Å². The second kappa shape index (κ2) is 5.66. The van der Waals surface area contributed by atoms with Crippen LogP contribution in [0, 0.1) is 0 Å². The Balaban J connectivity index is 1.57. The molecule has 2 aliphatic rings. The van der Waals surface area contributed by atoms with Gasteiger partial charge < -0.3 is 8.92 Å². The van der Waals surface area contributed by atoms with Gasteiger partial charge in [0.25, 0.3) is 0 Å². The summed E-state index contributed by atoms with van der Waals surface area (Å²) in [6.45, 7) is 0. The summed E-state index contributed by atoms with van der Waals surface area (Å²) in [4.78, 5) is 6.86. The molecule has 0 spiro atoms. The number of ether oxygens (including phenoxy) is 1. The molecule has 1 unspecified atom stereocenters. The lowest BCUT2D eigenvalue weighted by Gasteiger charge is -2.07. The van der Waals surface area contributed by atoms with E-state index in [4.69, 9.17) is 8.92 Å². The van der Waals surface area contributed by atoms with Gasteiger partial charge in [0.2, 0.25) is 5.90 Å². The lowest BCUT2D eigenvalue weighted by molar-refractivity contribution is 0.414. The van der Waals surface area contributed by atoms with Gasteiger partial charge in [0.15, 0.2) is 0 Å². The Bertz CT molecular complexity index is 808. The molecule has 110 valence electrons. The average molecular weight is 327 g/mol. The maximum atomic E-state index is 6.01. The van der Waals surface area contributed by atoms with E-state index in [2.05, 4.69) is 23.2 Å². The summed E-state index contributed by atoms with van der Waals surface area (Å²) in [7, 11) is 3.06. The number of hydrogen-bond acceptors (Lipinski definition) is 4. The number of rotatable bonds is 3. The van der Waals surface area contributed by atoms with Crippen molar-refractivity contribution >= 4 is 36.4 Å². The van der Waals surface area contributed by atoms with E-state index in [1.54, 1.807) is 17.9 Å². The lowest BCUT2D eigenvalue weighted by atomic mass is 10.2. The van der Waals surface area contributed by atoms with Crippen molar-refractivity contribution in [2.45, 2.75) is 0 Å². The number of nitrogens with zero attached hydrogens (tertiary/aromatic N) is 1. The molecule has 0 saturated carbocycles. The van der Waals surface area contributed by atoms with Gasteiger partial charge in [-0.1, -0.05) is 30.3 Å². The highest BCUT2D eigenvalue weighted by atomic mass is 33.1. The minimum atomic E-state index is -0.330. The Hall–Kier alpha value is -1.98. The average Bonchev–Trinajstić information content (AvgIpc) is 3.15. The first-order valence-corrected chi connectivity index (χ1v) is 9.30. The molecule has 0 N–H and O–H groups in total. The van der Waals surface area contributed by atoms with Crippen molar-refractivity contribution in [1.82, 2.24) is 0 Å². The quantitative estimate of drug-likeness (QED) is 0.615. The third-order valence-corrected chi connectivity index (χ3v) is 6.61. The van der Waals surface area contributed by atoms with Crippen LogP contribution in [0.2, 0.25) is 0 Å². The molecule has 1 atom stereocenters. The molecule has 0 aromatic heterocycles. The fourth-order valence-electron chi connectivity index (χ4n) is 2.21. The fraction of sp³-hybridized carbons (Fsp3) is 0.0588. The van der Waals surface area contributed by atoms with Gasteiger partial charge in [-0.2, -0.15) is 0 Å². The molecule has 5 heteroatoms. The number of hydrogen-bond donors (Lipinski definition) is 0. The maximum Gasteiger partial charge on any atom is 0.236 e. The van der Waals surface area contributed by atoms with Gasteiger partial charge in [-0.05, 0) is 46.7 Å². The van der Waals surface area contributed by atoms with Gasteiger partial charge in [0.1, 0.15) is 10.7 Å². The largest absolute Gasteiger partial charge is 0.497 e. The minimum absolute atomic E-state index is 0.330. The first kappa shape index (κ1) is 13.7. The van der Waals surface area contributed by atoms with Crippen LogP contribution in [0.3, 0.4) is 0 Å². The molecular weight excluding hydrogens is 314 g/mol. The molecule has 2 heterocycles. The van der Waals surface area contributed by atoms with Crippen LogP contribution in [0.5, 0.6) is 5.75 Å². The molecule has 0 amide bonds. The molecule has 22 heavy (non-hydrogen) atoms. The van der Waals surface area contributed by atoms with Gasteiger partial charge in [-0.25, -0.2) is 4.99 Å². The van der Waals surface area contributed by atoms with E-state index in [9.17, 15) is 0 Å². The summed E-state index contributed by atoms with van der Waals surface area (Å²) in [6.07, 6.45) is 2.12. The SMILES string of the molecule is COc1ccc(C2=NC3=S(O2)SC(c2ccccc2)=C3)cc1. The number of methoxy groups -OCH3 is 1. The van der Waals surface area contributed by atoms with Crippen LogP contribution in [0.4, 0.5) is 0 Å². The highest BCUT2D eigenvalue weighted by Gasteiger charge is 2.26. The molecule has 0 aliphatic carbocycles. The van der Waals surface area contributed by atoms with Gasteiger partial charge >= 0.3 is 0 Å². The Kier molecular flexibility index (Phi) is 3.52. The van der Waals surface area contributed by atoms with E-state index < -0.39 is 0 Å². The Morgan fingerprint density at radius 3 is 2.45 bits per heavy atom. The van der Waals surface area contributed by atoms with E-state index in [1.165, 1.54) is 10.5 Å². The highest BCUT2D eigenvalue weighted by Crippen LogP contribution is 2.52. The second-order valence-corrected chi connectivity index (χ2v) is 7.83. The predicted molar refractivity (Wildman–Crippen MR) is 95.2 cm³/mol. The molecular formula is C17H13NO2S2. The van der Waals surface area contributed by atoms with Crippen molar-refractivity contribution in [2.75, 3.05) is 7.11 Å². The standard InChI is InChI=1S/C17H13NO2S2/c1-19-14-9-7-13(8-10-14)17-18-16-11-15(21-22(16)20-17)12-5-3-2-4-6-12/h2-11H,1H3. The lowest BCUT2D eigenvalue weighted by Crippen LogP contribution is -1.99. The molecule has 3 nitrogen and oxygen atoms in total. The molecule has 4 rings (SSSR count). The number of aliphatic imine (C=N–C) groups is 1. The third kappa shape index (κ3) is 2.46. The Morgan fingerprint density at radius 1 is 1.00 bits per heavy atom. The zero-order valence-corrected chi connectivity index (χ0v) is 13.5. The zero-order valence-electron chi connectivity index (χ0n) is 11.9. The summed E-state index contributed by atoms with van der Waals surface area (Å²) >= 11 is 0. The topological polar surface area (TPSA) is 30.8 Å². The van der Waals surface area contributed by atoms with Crippen LogP contribution in [-0.4, -0.2) is 18.0 Å². The van der Waals surface area contributed by atoms with Crippen molar-refractivity contribution < 1.29 is 8.92 Å². The van der Waals surface area contributed by atoms with Crippen LogP contribution in [-0.2, 0) is 4.18 Å². The maximum absolute atomic E-state index is 6.01. The first-order chi connectivity index (χ1) is 10.8. The normalized spacial score (nSPS) is 19.3. The summed E-state index contributed by atoms with van der Waals surface area (Å²) < 4.78 is 11.2. The Morgan fingerprint density at radius 2 is 1.77 bits per heavy atom. The first-order valence-electron chi connectivity index (χ1n) is 6.81. The van der Waals surface area contributed by atoms with Crippen LogP contribution in [0.1, 0.15) is 11.1 Å². The van der Waals surface area contributed by atoms with Crippen molar-refractivity contribution in [3.8, 4) is 5.75 Å². The van der Waals surface area contributed by atoms with Gasteiger partial charge in [0.05, 0.1) is 16.9 Å². The van der Waals surface area contributed by atoms with Crippen molar-refractivity contribution in [2.24, 2.45) is 4.99 Å². The molecule has 2 aromatic carbocycles. The highest BCUT2D eigenvalue weighted by molar-refractivity contribution is 8.86. The van der Waals surface area contributed by atoms with Gasteiger partial charge in [0, 0.05) is 10.5 Å². The summed E-state index contributed by atoms with van der Waals surface area (Å²) in [6, 6.07) is 18.1. The Labute approximate surface area is 135 Å². The fourth-order valence-corrected chi connectivity index (χ4v) is 5.42. The molecule has 0 radical (unpaired) electrons. The van der Waals surface area contributed by atoms with Crippen molar-refractivity contribution in [3.63, 3.8) is 0 Å². The van der Waals surface area contributed by atoms with E-state index in [1.807, 2.05) is 42.5 Å². The summed E-state index contributed by atoms with van der Waals surface area (Å²) in [5.41, 5.74) is 2.19. The van der Waals surface area contributed by atoms with E-state index in [0.717, 1.165) is 16.3 Å². The summed E-state index contributed by atoms with van der Waals surface area (Å²) in [5.74, 6) is 1.52. The van der Waals surface area contributed by atoms with E-state index in [0.29, 0.717) is 5.90 Å². The van der Waals surface area contributed by atoms with E-state index >= 15 is 0 Å². The van der Waals surface area contributed by atoms with Gasteiger partial charge in [-0.3, -0.25) is 0 Å². The second-order valence-electron chi connectivity index (χ2n) is 4.76. The number of benzene rings is 2. The van der Waals surface area contributed by atoms with Crippen molar-refractivity contribution in [3.05, 3.63) is 71.8 Å². The zero-order chi connectivity index (χ0) is 14.9. The van der Waals surface area contributed by atoms with E-state index in [-0.39, 0.29) is 9.80 Å². The van der Waals surface area contributed by atoms with Crippen LogP contribution < -0.4 is 4.74 Å². The monoisotopic (exact) mass is 327 g/mol. The molecule has 0 fully saturated rings. The third-order valence-electron chi connectivity index (χ3n) is 3.35. The van der Waals surface area contributed by atoms with Gasteiger partial charge in [-0.15, -0.1) is 0 Å². The van der Waals surface area contributed by atoms with Crippen LogP contribution in [0.15, 0.2) is 65.7 Å². The smallest absolute Gasteiger partial charge is 0.236 e. The molecule has 0 bridgehead atoms. The minimum Gasteiger partial charge on any atom is -0.497 e. The molecule has 2 aliphatic heterocycles.